The molecule has 1 aromatic carbocycles. The van der Waals surface area contributed by atoms with E-state index in [-0.39, 0.29) is 24.7 Å². The van der Waals surface area contributed by atoms with Crippen molar-refractivity contribution in [2.24, 2.45) is 5.92 Å². The number of furan rings is 1. The first-order valence-corrected chi connectivity index (χ1v) is 8.23. The van der Waals surface area contributed by atoms with Crippen LogP contribution in [0, 0.1) is 11.7 Å². The summed E-state index contributed by atoms with van der Waals surface area (Å²) in [6, 6.07) is 8.99. The summed E-state index contributed by atoms with van der Waals surface area (Å²) in [7, 11) is 0. The molecule has 1 amide bonds. The quantitative estimate of drug-likeness (QED) is 0.481. The number of rotatable bonds is 6. The molecule has 0 aliphatic carbocycles. The molecule has 6 nitrogen and oxygen atoms in total. The van der Waals surface area contributed by atoms with Crippen LogP contribution in [0.15, 0.2) is 40.8 Å². The summed E-state index contributed by atoms with van der Waals surface area (Å²) in [6.07, 6.45) is -0.411. The van der Waals surface area contributed by atoms with Gasteiger partial charge in [-0.2, -0.15) is 0 Å². The largest absolute Gasteiger partial charge is 0.458 e. The van der Waals surface area contributed by atoms with Gasteiger partial charge < -0.3 is 14.4 Å². The number of halogens is 1. The van der Waals surface area contributed by atoms with Crippen LogP contribution >= 0.6 is 0 Å². The van der Waals surface area contributed by atoms with Crippen LogP contribution in [0.5, 0.6) is 0 Å². The summed E-state index contributed by atoms with van der Waals surface area (Å²) in [5, 5.41) is 9.39. The lowest BCUT2D eigenvalue weighted by atomic mass is 10.0. The van der Waals surface area contributed by atoms with Crippen LogP contribution in [-0.4, -0.2) is 46.7 Å². The second kappa shape index (κ2) is 7.21. The topological polar surface area (TPSA) is 87.8 Å². The summed E-state index contributed by atoms with van der Waals surface area (Å²) in [6.45, 7) is 1.44. The van der Waals surface area contributed by atoms with Crippen LogP contribution in [0.2, 0.25) is 0 Å². The number of nitrogens with zero attached hydrogens (tertiary/aromatic N) is 1. The zero-order chi connectivity index (χ0) is 18.8. The molecule has 1 aliphatic rings. The van der Waals surface area contributed by atoms with Crippen molar-refractivity contribution in [1.29, 1.82) is 0 Å². The van der Waals surface area contributed by atoms with Crippen LogP contribution in [0.3, 0.4) is 0 Å². The standard InChI is InChI=1S/C19H18FNO5/c1-11(22)9-21-10-15(18(24)19(21)25)17(23)16-7-6-14(26-16)8-12-2-4-13(20)5-3-12/h2-7,11,15,22H,8-10H2,1H3. The molecular formula is C19H18FNO5. The van der Waals surface area contributed by atoms with Gasteiger partial charge >= 0.3 is 0 Å². The van der Waals surface area contributed by atoms with Gasteiger partial charge in [0.05, 0.1) is 6.10 Å². The Kier molecular flexibility index (Phi) is 4.99. The Hall–Kier alpha value is -2.80. The first-order valence-electron chi connectivity index (χ1n) is 8.23. The Bertz CT molecular complexity index is 840. The lowest BCUT2D eigenvalue weighted by molar-refractivity contribution is -0.141. The summed E-state index contributed by atoms with van der Waals surface area (Å²) < 4.78 is 18.5. The van der Waals surface area contributed by atoms with Gasteiger partial charge in [-0.3, -0.25) is 14.4 Å². The van der Waals surface area contributed by atoms with E-state index < -0.39 is 29.5 Å². The molecule has 1 N–H and O–H groups in total. The van der Waals surface area contributed by atoms with Crippen molar-refractivity contribution in [2.45, 2.75) is 19.4 Å². The average molecular weight is 359 g/mol. The number of amides is 1. The number of likely N-dealkylation sites (tertiary alicyclic amines) is 1. The molecule has 1 aromatic heterocycles. The third-order valence-electron chi connectivity index (χ3n) is 4.21. The number of carbonyl (C=O) groups is 3. The Morgan fingerprint density at radius 3 is 2.62 bits per heavy atom. The Balaban J connectivity index is 1.70. The number of hydrogen-bond donors (Lipinski definition) is 1. The minimum absolute atomic E-state index is 0.00231. The molecule has 0 radical (unpaired) electrons. The van der Waals surface area contributed by atoms with E-state index in [0.29, 0.717) is 12.2 Å². The van der Waals surface area contributed by atoms with Crippen LogP contribution in [-0.2, 0) is 16.0 Å². The maximum atomic E-state index is 12.9. The van der Waals surface area contributed by atoms with Crippen molar-refractivity contribution in [3.63, 3.8) is 0 Å². The molecule has 0 bridgehead atoms. The zero-order valence-corrected chi connectivity index (χ0v) is 14.1. The van der Waals surface area contributed by atoms with Crippen LogP contribution in [0.4, 0.5) is 4.39 Å². The first kappa shape index (κ1) is 18.0. The molecule has 136 valence electrons. The van der Waals surface area contributed by atoms with Gasteiger partial charge in [0.2, 0.25) is 11.6 Å². The fourth-order valence-corrected chi connectivity index (χ4v) is 2.95. The number of benzene rings is 1. The van der Waals surface area contributed by atoms with E-state index in [9.17, 15) is 23.9 Å². The second-order valence-electron chi connectivity index (χ2n) is 6.41. The maximum Gasteiger partial charge on any atom is 0.290 e. The van der Waals surface area contributed by atoms with Crippen molar-refractivity contribution in [2.75, 3.05) is 13.1 Å². The van der Waals surface area contributed by atoms with Gasteiger partial charge in [0.25, 0.3) is 5.91 Å². The number of Topliss-reactive ketones (excluding diaryl/α,β-unsaturated/α-hetero) is 2. The van der Waals surface area contributed by atoms with E-state index in [2.05, 4.69) is 0 Å². The van der Waals surface area contributed by atoms with E-state index in [1.54, 1.807) is 18.2 Å². The van der Waals surface area contributed by atoms with Crippen molar-refractivity contribution in [3.8, 4) is 0 Å². The molecule has 2 heterocycles. The van der Waals surface area contributed by atoms with E-state index in [0.717, 1.165) is 5.56 Å². The Morgan fingerprint density at radius 1 is 1.27 bits per heavy atom. The number of ketones is 2. The lowest BCUT2D eigenvalue weighted by Crippen LogP contribution is -2.33. The predicted molar refractivity (Wildman–Crippen MR) is 89.0 cm³/mol. The number of carbonyl (C=O) groups excluding carboxylic acids is 3. The van der Waals surface area contributed by atoms with Gasteiger partial charge in [0.15, 0.2) is 5.76 Å². The second-order valence-corrected chi connectivity index (χ2v) is 6.41. The summed E-state index contributed by atoms with van der Waals surface area (Å²) in [5.41, 5.74) is 0.815. The van der Waals surface area contributed by atoms with Crippen LogP contribution in [0.25, 0.3) is 0 Å². The molecule has 0 saturated carbocycles. The molecule has 1 fully saturated rings. The highest BCUT2D eigenvalue weighted by Gasteiger charge is 2.44. The first-order chi connectivity index (χ1) is 12.3. The average Bonchev–Trinajstić information content (AvgIpc) is 3.16. The maximum absolute atomic E-state index is 12.9. The number of β-amino-alcohol motifs (C(OH)–C–C–N with tert-alkyl or cyclic N) is 1. The van der Waals surface area contributed by atoms with Gasteiger partial charge in [-0.15, -0.1) is 0 Å². The van der Waals surface area contributed by atoms with Gasteiger partial charge in [-0.1, -0.05) is 12.1 Å². The minimum Gasteiger partial charge on any atom is -0.458 e. The molecule has 3 rings (SSSR count). The molecule has 2 aromatic rings. The fourth-order valence-electron chi connectivity index (χ4n) is 2.95. The highest BCUT2D eigenvalue weighted by molar-refractivity contribution is 6.43. The van der Waals surface area contributed by atoms with E-state index >= 15 is 0 Å². The van der Waals surface area contributed by atoms with Crippen LogP contribution < -0.4 is 0 Å². The molecule has 0 spiro atoms. The van der Waals surface area contributed by atoms with E-state index in [4.69, 9.17) is 4.42 Å². The molecule has 7 heteroatoms. The summed E-state index contributed by atoms with van der Waals surface area (Å²) in [4.78, 5) is 37.7. The molecule has 26 heavy (non-hydrogen) atoms. The molecule has 1 saturated heterocycles. The van der Waals surface area contributed by atoms with Gasteiger partial charge in [0, 0.05) is 19.5 Å². The molecule has 2 atom stereocenters. The summed E-state index contributed by atoms with van der Waals surface area (Å²) >= 11 is 0. The SMILES string of the molecule is CC(O)CN1CC(C(=O)c2ccc(Cc3ccc(F)cc3)o2)C(=O)C1=O. The highest BCUT2D eigenvalue weighted by Crippen LogP contribution is 2.22. The van der Waals surface area contributed by atoms with E-state index in [1.165, 1.54) is 30.0 Å². The summed E-state index contributed by atoms with van der Waals surface area (Å²) in [5.74, 6) is -3.05. The van der Waals surface area contributed by atoms with Crippen LogP contribution in [0.1, 0.15) is 28.8 Å². The highest BCUT2D eigenvalue weighted by atomic mass is 19.1. The smallest absolute Gasteiger partial charge is 0.290 e. The number of hydrogen-bond acceptors (Lipinski definition) is 5. The minimum atomic E-state index is -1.12. The Labute approximate surface area is 149 Å². The molecular weight excluding hydrogens is 341 g/mol. The van der Waals surface area contributed by atoms with Crippen molar-refractivity contribution in [1.82, 2.24) is 4.90 Å². The third kappa shape index (κ3) is 3.72. The van der Waals surface area contributed by atoms with Crippen molar-refractivity contribution < 1.29 is 28.3 Å². The fraction of sp³-hybridized carbons (Fsp3) is 0.316. The van der Waals surface area contributed by atoms with Gasteiger partial charge in [-0.25, -0.2) is 4.39 Å². The lowest BCUT2D eigenvalue weighted by Gasteiger charge is -2.16. The van der Waals surface area contributed by atoms with Gasteiger partial charge in [0.1, 0.15) is 17.5 Å². The van der Waals surface area contributed by atoms with Crippen molar-refractivity contribution in [3.05, 3.63) is 59.3 Å². The number of aliphatic hydroxyl groups excluding tert-OH is 1. The normalized spacial score (nSPS) is 18.4. The molecule has 1 aliphatic heterocycles. The Morgan fingerprint density at radius 2 is 1.96 bits per heavy atom. The zero-order valence-electron chi connectivity index (χ0n) is 14.1. The number of aliphatic hydroxyl groups is 1. The van der Waals surface area contributed by atoms with Gasteiger partial charge in [-0.05, 0) is 36.8 Å². The monoisotopic (exact) mass is 359 g/mol. The molecule has 2 unspecified atom stereocenters. The van der Waals surface area contributed by atoms with Crippen molar-refractivity contribution >= 4 is 17.5 Å². The third-order valence-corrected chi connectivity index (χ3v) is 4.21. The van der Waals surface area contributed by atoms with E-state index in [1.807, 2.05) is 0 Å². The predicted octanol–water partition coefficient (Wildman–Crippen LogP) is 1.60.